The van der Waals surface area contributed by atoms with Crippen LogP contribution in [0.25, 0.3) is 11.5 Å². The number of likely N-dealkylation sites (tertiary alicyclic amines) is 1. The Morgan fingerprint density at radius 3 is 2.33 bits per heavy atom. The van der Waals surface area contributed by atoms with Crippen molar-refractivity contribution in [1.29, 1.82) is 0 Å². The predicted molar refractivity (Wildman–Crippen MR) is 143 cm³/mol. The fourth-order valence-corrected chi connectivity index (χ4v) is 4.26. The molecule has 1 fully saturated rings. The summed E-state index contributed by atoms with van der Waals surface area (Å²) in [5, 5.41) is 10.6. The highest BCUT2D eigenvalue weighted by atomic mass is 19.1. The maximum atomic E-state index is 13.9. The van der Waals surface area contributed by atoms with E-state index in [9.17, 15) is 18.4 Å². The van der Waals surface area contributed by atoms with E-state index in [1.54, 1.807) is 45.0 Å². The second kappa shape index (κ2) is 12.3. The third-order valence-electron chi connectivity index (χ3n) is 6.14. The lowest BCUT2D eigenvalue weighted by molar-refractivity contribution is 0.0570. The van der Waals surface area contributed by atoms with Crippen LogP contribution >= 0.6 is 0 Å². The van der Waals surface area contributed by atoms with Crippen molar-refractivity contribution in [1.82, 2.24) is 15.1 Å². The molecule has 0 atom stereocenters. The zero-order chi connectivity index (χ0) is 28.0. The molecule has 1 saturated heterocycles. The molecular weight excluding hydrogens is 508 g/mol. The first-order chi connectivity index (χ1) is 18.6. The maximum absolute atomic E-state index is 13.9. The topological polar surface area (TPSA) is 101 Å². The number of amides is 2. The number of nitrogens with one attached hydrogen (secondary N) is 1. The third-order valence-corrected chi connectivity index (χ3v) is 6.14. The van der Waals surface area contributed by atoms with Crippen molar-refractivity contribution < 1.29 is 27.5 Å². The zero-order valence-electron chi connectivity index (χ0n) is 22.4. The first kappa shape index (κ1) is 28.2. The minimum Gasteiger partial charge on any atom is -0.443 e. The van der Waals surface area contributed by atoms with E-state index in [4.69, 9.17) is 9.15 Å². The van der Waals surface area contributed by atoms with Gasteiger partial charge in [-0.3, -0.25) is 4.79 Å². The van der Waals surface area contributed by atoms with Crippen LogP contribution < -0.4 is 10.2 Å². The van der Waals surface area contributed by atoms with E-state index in [0.717, 1.165) is 31.8 Å². The summed E-state index contributed by atoms with van der Waals surface area (Å²) in [7, 11) is 0. The van der Waals surface area contributed by atoms with Gasteiger partial charge in [0.1, 0.15) is 22.8 Å². The van der Waals surface area contributed by atoms with Gasteiger partial charge in [-0.05, 0) is 96.1 Å². The van der Waals surface area contributed by atoms with Crippen LogP contribution in [0.15, 0.2) is 46.9 Å². The van der Waals surface area contributed by atoms with E-state index < -0.39 is 34.8 Å². The number of aromatic nitrogens is 2. The van der Waals surface area contributed by atoms with Crippen LogP contribution in [0.5, 0.6) is 0 Å². The lowest BCUT2D eigenvalue weighted by atomic mass is 10.1. The van der Waals surface area contributed by atoms with Crippen molar-refractivity contribution in [2.75, 3.05) is 36.4 Å². The van der Waals surface area contributed by atoms with Gasteiger partial charge in [0, 0.05) is 17.8 Å². The molecule has 2 aromatic carbocycles. The first-order valence-corrected chi connectivity index (χ1v) is 13.0. The van der Waals surface area contributed by atoms with Crippen LogP contribution in [0.1, 0.15) is 56.8 Å². The Labute approximate surface area is 226 Å². The number of benzene rings is 2. The van der Waals surface area contributed by atoms with Crippen LogP contribution in [-0.2, 0) is 4.74 Å². The number of halogens is 2. The molecule has 0 radical (unpaired) electrons. The molecular formula is C28H33F2N5O4. The monoisotopic (exact) mass is 541 g/mol. The van der Waals surface area contributed by atoms with Gasteiger partial charge in [-0.2, -0.15) is 0 Å². The molecule has 2 amide bonds. The quantitative estimate of drug-likeness (QED) is 0.380. The van der Waals surface area contributed by atoms with E-state index >= 15 is 0 Å². The summed E-state index contributed by atoms with van der Waals surface area (Å²) in [6.07, 6.45) is 3.77. The van der Waals surface area contributed by atoms with E-state index in [0.29, 0.717) is 24.2 Å². The van der Waals surface area contributed by atoms with Gasteiger partial charge >= 0.3 is 12.1 Å². The third kappa shape index (κ3) is 7.60. The summed E-state index contributed by atoms with van der Waals surface area (Å²) in [6, 6.07) is 9.54. The Balaban J connectivity index is 1.45. The van der Waals surface area contributed by atoms with Crippen LogP contribution in [0.3, 0.4) is 0 Å². The Kier molecular flexibility index (Phi) is 8.90. The van der Waals surface area contributed by atoms with Crippen molar-refractivity contribution in [3.8, 4) is 11.5 Å². The van der Waals surface area contributed by atoms with Gasteiger partial charge in [0.05, 0.1) is 0 Å². The smallest absolute Gasteiger partial charge is 0.418 e. The number of hydrogen-bond acceptors (Lipinski definition) is 7. The fraction of sp³-hybridized carbons (Fsp3) is 0.429. The Morgan fingerprint density at radius 1 is 1.03 bits per heavy atom. The molecule has 0 unspecified atom stereocenters. The van der Waals surface area contributed by atoms with Gasteiger partial charge in [-0.25, -0.2) is 18.5 Å². The van der Waals surface area contributed by atoms with Crippen molar-refractivity contribution >= 4 is 23.7 Å². The Bertz CT molecular complexity index is 1260. The number of hydrogen-bond donors (Lipinski definition) is 1. The second-order valence-electron chi connectivity index (χ2n) is 10.4. The molecule has 1 N–H and O–H groups in total. The summed E-state index contributed by atoms with van der Waals surface area (Å²) in [5.41, 5.74) is -0.511. The average Bonchev–Trinajstić information content (AvgIpc) is 3.36. The lowest BCUT2D eigenvalue weighted by Crippen LogP contribution is -2.39. The summed E-state index contributed by atoms with van der Waals surface area (Å²) >= 11 is 0. The van der Waals surface area contributed by atoms with Crippen LogP contribution in [0.2, 0.25) is 0 Å². The highest BCUT2D eigenvalue weighted by Crippen LogP contribution is 2.25. The van der Waals surface area contributed by atoms with Crippen LogP contribution in [0.4, 0.5) is 25.3 Å². The van der Waals surface area contributed by atoms with Crippen LogP contribution in [-0.4, -0.2) is 58.9 Å². The van der Waals surface area contributed by atoms with Gasteiger partial charge in [-0.15, -0.1) is 5.10 Å². The highest BCUT2D eigenvalue weighted by molar-refractivity contribution is 6.04. The largest absolute Gasteiger partial charge is 0.443 e. The molecule has 0 bridgehead atoms. The first-order valence-electron chi connectivity index (χ1n) is 13.0. The SMILES string of the molecule is CC(C)(C)OC(=O)N(CCCN1CCCCC1)c1nnc(-c2ccc(NC(=O)c3c(F)cccc3F)cc2)o1. The van der Waals surface area contributed by atoms with Gasteiger partial charge in [0.25, 0.3) is 5.91 Å². The molecule has 1 aromatic heterocycles. The van der Waals surface area contributed by atoms with Crippen molar-refractivity contribution in [2.45, 2.75) is 52.1 Å². The van der Waals surface area contributed by atoms with Crippen molar-refractivity contribution in [2.24, 2.45) is 0 Å². The minimum atomic E-state index is -0.951. The van der Waals surface area contributed by atoms with E-state index in [-0.39, 0.29) is 11.9 Å². The number of ether oxygens (including phenoxy) is 1. The van der Waals surface area contributed by atoms with Crippen molar-refractivity contribution in [3.05, 3.63) is 59.7 Å². The van der Waals surface area contributed by atoms with Gasteiger partial charge in [0.2, 0.25) is 5.89 Å². The van der Waals surface area contributed by atoms with E-state index in [1.165, 1.54) is 30.2 Å². The molecule has 0 saturated carbocycles. The molecule has 9 nitrogen and oxygen atoms in total. The van der Waals surface area contributed by atoms with Gasteiger partial charge in [0.15, 0.2) is 0 Å². The summed E-state index contributed by atoms with van der Waals surface area (Å²) in [6.45, 7) is 8.69. The van der Waals surface area contributed by atoms with E-state index in [2.05, 4.69) is 20.4 Å². The molecule has 4 rings (SSSR count). The van der Waals surface area contributed by atoms with Gasteiger partial charge < -0.3 is 19.4 Å². The number of piperidine rings is 1. The molecule has 2 heterocycles. The molecule has 1 aliphatic rings. The standard InChI is InChI=1S/C28H33F2N5O4/c1-28(2,3)39-27(37)35(18-8-17-34-15-5-4-6-16-34)26-33-32-25(38-26)19-11-13-20(14-12-19)31-24(36)23-21(29)9-7-10-22(23)30/h7,9-14H,4-6,8,15-18H2,1-3H3,(H,31,36). The Hall–Kier alpha value is -3.86. The Morgan fingerprint density at radius 2 is 1.69 bits per heavy atom. The molecule has 39 heavy (non-hydrogen) atoms. The van der Waals surface area contributed by atoms with E-state index in [1.807, 2.05) is 0 Å². The molecule has 208 valence electrons. The number of carbonyl (C=O) groups is 2. The summed E-state index contributed by atoms with van der Waals surface area (Å²) in [5.74, 6) is -2.65. The molecule has 3 aromatic rings. The summed E-state index contributed by atoms with van der Waals surface area (Å²) < 4.78 is 39.2. The van der Waals surface area contributed by atoms with Crippen LogP contribution in [0, 0.1) is 11.6 Å². The number of carbonyl (C=O) groups excluding carboxylic acids is 2. The van der Waals surface area contributed by atoms with Gasteiger partial charge in [-0.1, -0.05) is 17.6 Å². The highest BCUT2D eigenvalue weighted by Gasteiger charge is 2.28. The number of anilines is 2. The zero-order valence-corrected chi connectivity index (χ0v) is 22.4. The maximum Gasteiger partial charge on any atom is 0.418 e. The predicted octanol–water partition coefficient (Wildman–Crippen LogP) is 5.88. The molecule has 1 aliphatic heterocycles. The number of nitrogens with zero attached hydrogens (tertiary/aromatic N) is 4. The molecule has 11 heteroatoms. The second-order valence-corrected chi connectivity index (χ2v) is 10.4. The summed E-state index contributed by atoms with van der Waals surface area (Å²) in [4.78, 5) is 29.1. The van der Waals surface area contributed by atoms with Crippen molar-refractivity contribution in [3.63, 3.8) is 0 Å². The number of rotatable bonds is 8. The molecule has 0 aliphatic carbocycles. The molecule has 0 spiro atoms. The minimum absolute atomic E-state index is 0.0188. The normalized spacial score (nSPS) is 14.2. The lowest BCUT2D eigenvalue weighted by Gasteiger charge is -2.28. The average molecular weight is 542 g/mol. The fourth-order valence-electron chi connectivity index (χ4n) is 4.26.